The molecule has 1 fully saturated rings. The Balaban J connectivity index is 2.00. The Labute approximate surface area is 101 Å². The molecule has 0 spiro atoms. The van der Waals surface area contributed by atoms with Crippen molar-refractivity contribution in [2.45, 2.75) is 5.54 Å². The lowest BCUT2D eigenvalue weighted by Gasteiger charge is -2.39. The molecular formula is C15H16N2. The van der Waals surface area contributed by atoms with Crippen LogP contribution >= 0.6 is 0 Å². The first-order valence-electron chi connectivity index (χ1n) is 5.93. The minimum Gasteiger partial charge on any atom is -0.319 e. The van der Waals surface area contributed by atoms with Gasteiger partial charge in [0.15, 0.2) is 0 Å². The van der Waals surface area contributed by atoms with E-state index in [0.29, 0.717) is 0 Å². The quantitative estimate of drug-likeness (QED) is 0.820. The molecule has 0 bridgehead atoms. The molecule has 2 aromatic rings. The van der Waals surface area contributed by atoms with Crippen molar-refractivity contribution in [3.05, 3.63) is 60.2 Å². The summed E-state index contributed by atoms with van der Waals surface area (Å²) in [5, 5.41) is 3.23. The molecule has 3 rings (SSSR count). The van der Waals surface area contributed by atoms with Gasteiger partial charge in [-0.05, 0) is 22.8 Å². The summed E-state index contributed by atoms with van der Waals surface area (Å²) >= 11 is 0. The highest BCUT2D eigenvalue weighted by Gasteiger charge is 2.34. The molecule has 0 radical (unpaired) electrons. The molecule has 17 heavy (non-hydrogen) atoms. The maximum absolute atomic E-state index is 6.31. The lowest BCUT2D eigenvalue weighted by atomic mass is 9.84. The Kier molecular flexibility index (Phi) is 2.46. The van der Waals surface area contributed by atoms with Crippen LogP contribution in [0.25, 0.3) is 11.1 Å². The van der Waals surface area contributed by atoms with Gasteiger partial charge in [-0.2, -0.15) is 0 Å². The second-order valence-electron chi connectivity index (χ2n) is 4.71. The third-order valence-corrected chi connectivity index (χ3v) is 3.43. The summed E-state index contributed by atoms with van der Waals surface area (Å²) in [5.74, 6) is 0. The molecule has 1 heterocycles. The van der Waals surface area contributed by atoms with Crippen LogP contribution in [0.15, 0.2) is 54.6 Å². The maximum atomic E-state index is 6.31. The Morgan fingerprint density at radius 3 is 2.24 bits per heavy atom. The number of benzene rings is 2. The van der Waals surface area contributed by atoms with Gasteiger partial charge < -0.3 is 11.1 Å². The zero-order valence-electron chi connectivity index (χ0n) is 9.69. The first kappa shape index (κ1) is 10.5. The molecule has 2 aromatic carbocycles. The van der Waals surface area contributed by atoms with Crippen LogP contribution in [0.3, 0.4) is 0 Å². The van der Waals surface area contributed by atoms with Crippen molar-refractivity contribution in [1.82, 2.24) is 5.32 Å². The molecule has 0 amide bonds. The van der Waals surface area contributed by atoms with Crippen LogP contribution in [0, 0.1) is 0 Å². The zero-order chi connectivity index (χ0) is 11.7. The van der Waals surface area contributed by atoms with E-state index in [0.717, 1.165) is 13.1 Å². The van der Waals surface area contributed by atoms with Gasteiger partial charge in [-0.3, -0.25) is 0 Å². The van der Waals surface area contributed by atoms with Crippen LogP contribution in [-0.4, -0.2) is 13.1 Å². The number of nitrogens with two attached hydrogens (primary N) is 1. The van der Waals surface area contributed by atoms with E-state index < -0.39 is 0 Å². The van der Waals surface area contributed by atoms with E-state index >= 15 is 0 Å². The normalized spacial score (nSPS) is 17.5. The molecule has 1 aliphatic heterocycles. The summed E-state index contributed by atoms with van der Waals surface area (Å²) < 4.78 is 0. The first-order valence-corrected chi connectivity index (χ1v) is 5.93. The Hall–Kier alpha value is -1.64. The predicted octanol–water partition coefficient (Wildman–Crippen LogP) is 2.11. The lowest BCUT2D eigenvalue weighted by molar-refractivity contribution is 0.287. The van der Waals surface area contributed by atoms with Crippen molar-refractivity contribution in [1.29, 1.82) is 0 Å². The van der Waals surface area contributed by atoms with Crippen LogP contribution in [-0.2, 0) is 5.54 Å². The van der Waals surface area contributed by atoms with E-state index in [2.05, 4.69) is 53.8 Å². The lowest BCUT2D eigenvalue weighted by Crippen LogP contribution is -2.62. The van der Waals surface area contributed by atoms with Crippen molar-refractivity contribution in [3.63, 3.8) is 0 Å². The Bertz CT molecular complexity index is 515. The van der Waals surface area contributed by atoms with Gasteiger partial charge in [-0.25, -0.2) is 0 Å². The molecule has 2 heteroatoms. The van der Waals surface area contributed by atoms with Gasteiger partial charge >= 0.3 is 0 Å². The Morgan fingerprint density at radius 2 is 1.59 bits per heavy atom. The van der Waals surface area contributed by atoms with Gasteiger partial charge in [0, 0.05) is 13.1 Å². The van der Waals surface area contributed by atoms with Gasteiger partial charge in [-0.15, -0.1) is 0 Å². The van der Waals surface area contributed by atoms with Crippen LogP contribution in [0.2, 0.25) is 0 Å². The fourth-order valence-corrected chi connectivity index (χ4v) is 2.24. The molecule has 2 nitrogen and oxygen atoms in total. The van der Waals surface area contributed by atoms with Crippen LogP contribution in [0.1, 0.15) is 5.56 Å². The Morgan fingerprint density at radius 1 is 0.882 bits per heavy atom. The molecule has 0 saturated carbocycles. The number of rotatable bonds is 2. The smallest absolute Gasteiger partial charge is 0.0662 e. The van der Waals surface area contributed by atoms with Gasteiger partial charge in [0.2, 0.25) is 0 Å². The minimum absolute atomic E-state index is 0.176. The standard InChI is InChI=1S/C15H16N2/c16-15(10-17-11-15)14-8-4-7-13(9-14)12-5-2-1-3-6-12/h1-9,17H,10-11,16H2. The molecule has 0 unspecified atom stereocenters. The van der Waals surface area contributed by atoms with Crippen molar-refractivity contribution in [2.75, 3.05) is 13.1 Å². The fourth-order valence-electron chi connectivity index (χ4n) is 2.24. The summed E-state index contributed by atoms with van der Waals surface area (Å²) in [6.45, 7) is 1.73. The second kappa shape index (κ2) is 3.99. The number of hydrogen-bond acceptors (Lipinski definition) is 2. The zero-order valence-corrected chi connectivity index (χ0v) is 9.69. The molecule has 0 aliphatic carbocycles. The summed E-state index contributed by atoms with van der Waals surface area (Å²) in [5.41, 5.74) is 9.83. The van der Waals surface area contributed by atoms with Crippen molar-refractivity contribution >= 4 is 0 Å². The third-order valence-electron chi connectivity index (χ3n) is 3.43. The van der Waals surface area contributed by atoms with E-state index in [-0.39, 0.29) is 5.54 Å². The molecule has 0 aromatic heterocycles. The molecule has 1 saturated heterocycles. The minimum atomic E-state index is -0.176. The first-order chi connectivity index (χ1) is 8.28. The SMILES string of the molecule is NC1(c2cccc(-c3ccccc3)c2)CNC1. The van der Waals surface area contributed by atoms with Crippen LogP contribution in [0.4, 0.5) is 0 Å². The molecule has 0 atom stereocenters. The number of nitrogens with one attached hydrogen (secondary N) is 1. The third kappa shape index (κ3) is 1.86. The monoisotopic (exact) mass is 224 g/mol. The van der Waals surface area contributed by atoms with Gasteiger partial charge in [-0.1, -0.05) is 48.5 Å². The summed E-state index contributed by atoms with van der Waals surface area (Å²) in [6.07, 6.45) is 0. The molecular weight excluding hydrogens is 208 g/mol. The van der Waals surface area contributed by atoms with Gasteiger partial charge in [0.25, 0.3) is 0 Å². The maximum Gasteiger partial charge on any atom is 0.0662 e. The largest absolute Gasteiger partial charge is 0.319 e. The van der Waals surface area contributed by atoms with E-state index in [9.17, 15) is 0 Å². The summed E-state index contributed by atoms with van der Waals surface area (Å²) in [7, 11) is 0. The van der Waals surface area contributed by atoms with Crippen molar-refractivity contribution in [2.24, 2.45) is 5.73 Å². The summed E-state index contributed by atoms with van der Waals surface area (Å²) in [4.78, 5) is 0. The van der Waals surface area contributed by atoms with Crippen molar-refractivity contribution in [3.8, 4) is 11.1 Å². The molecule has 3 N–H and O–H groups in total. The molecule has 86 valence electrons. The highest BCUT2D eigenvalue weighted by Crippen LogP contribution is 2.27. The van der Waals surface area contributed by atoms with Crippen molar-refractivity contribution < 1.29 is 0 Å². The predicted molar refractivity (Wildman–Crippen MR) is 70.6 cm³/mol. The fraction of sp³-hybridized carbons (Fsp3) is 0.200. The van der Waals surface area contributed by atoms with Gasteiger partial charge in [0.1, 0.15) is 0 Å². The van der Waals surface area contributed by atoms with E-state index in [1.165, 1.54) is 16.7 Å². The summed E-state index contributed by atoms with van der Waals surface area (Å²) in [6, 6.07) is 19.0. The van der Waals surface area contributed by atoms with E-state index in [4.69, 9.17) is 5.73 Å². The van der Waals surface area contributed by atoms with E-state index in [1.54, 1.807) is 0 Å². The topological polar surface area (TPSA) is 38.0 Å². The average Bonchev–Trinajstić information content (AvgIpc) is 2.37. The van der Waals surface area contributed by atoms with Crippen LogP contribution < -0.4 is 11.1 Å². The van der Waals surface area contributed by atoms with Gasteiger partial charge in [0.05, 0.1) is 5.54 Å². The second-order valence-corrected chi connectivity index (χ2v) is 4.71. The molecule has 1 aliphatic rings. The number of hydrogen-bond donors (Lipinski definition) is 2. The van der Waals surface area contributed by atoms with E-state index in [1.807, 2.05) is 6.07 Å². The average molecular weight is 224 g/mol. The van der Waals surface area contributed by atoms with Crippen LogP contribution in [0.5, 0.6) is 0 Å². The highest BCUT2D eigenvalue weighted by atomic mass is 15.1. The highest BCUT2D eigenvalue weighted by molar-refractivity contribution is 5.64.